The van der Waals surface area contributed by atoms with E-state index >= 15 is 0 Å². The zero-order valence-electron chi connectivity index (χ0n) is 9.62. The summed E-state index contributed by atoms with van der Waals surface area (Å²) in [5.41, 5.74) is 0.290. The zero-order valence-corrected chi connectivity index (χ0v) is 9.62. The highest BCUT2D eigenvalue weighted by Crippen LogP contribution is 2.49. The number of hydrogen-bond acceptors (Lipinski definition) is 4. The molecule has 16 heavy (non-hydrogen) atoms. The first-order valence-corrected chi connectivity index (χ1v) is 5.48. The predicted molar refractivity (Wildman–Crippen MR) is 56.5 cm³/mol. The van der Waals surface area contributed by atoms with Crippen LogP contribution in [-0.2, 0) is 19.1 Å². The molecule has 0 spiro atoms. The average Bonchev–Trinajstić information content (AvgIpc) is 2.50. The molecule has 0 N–H and O–H groups in total. The van der Waals surface area contributed by atoms with E-state index in [-0.39, 0.29) is 24.0 Å². The Morgan fingerprint density at radius 2 is 2.31 bits per heavy atom. The van der Waals surface area contributed by atoms with E-state index in [0.717, 1.165) is 12.0 Å². The van der Waals surface area contributed by atoms with Crippen molar-refractivity contribution in [1.29, 1.82) is 0 Å². The molecule has 0 unspecified atom stereocenters. The van der Waals surface area contributed by atoms with Crippen molar-refractivity contribution in [2.24, 2.45) is 11.3 Å². The number of hydrogen-bond donors (Lipinski definition) is 0. The van der Waals surface area contributed by atoms with E-state index in [0.29, 0.717) is 13.0 Å². The number of cyclic esters (lactones) is 1. The number of fused-ring (bicyclic) bond motifs is 1. The smallest absolute Gasteiger partial charge is 0.316 e. The van der Waals surface area contributed by atoms with Gasteiger partial charge in [-0.2, -0.15) is 0 Å². The summed E-state index contributed by atoms with van der Waals surface area (Å²) in [4.78, 5) is 22.8. The number of rotatable bonds is 1. The SMILES string of the molecule is C=C1CC[C@@H](OC(C)=O)[C@@]2(C)C(=O)OC[C@H]12. The van der Waals surface area contributed by atoms with Crippen LogP contribution in [0.25, 0.3) is 0 Å². The molecule has 0 aromatic rings. The molecule has 4 heteroatoms. The predicted octanol–water partition coefficient (Wildman–Crippen LogP) is 1.45. The Labute approximate surface area is 94.6 Å². The molecular formula is C12H16O4. The average molecular weight is 224 g/mol. The van der Waals surface area contributed by atoms with E-state index in [4.69, 9.17) is 9.47 Å². The third-order valence-electron chi connectivity index (χ3n) is 3.74. The van der Waals surface area contributed by atoms with E-state index in [1.165, 1.54) is 6.92 Å². The first kappa shape index (κ1) is 11.2. The van der Waals surface area contributed by atoms with Gasteiger partial charge in [0.25, 0.3) is 0 Å². The second kappa shape index (κ2) is 3.61. The molecule has 88 valence electrons. The Hall–Kier alpha value is -1.32. The van der Waals surface area contributed by atoms with Gasteiger partial charge in [0.1, 0.15) is 11.5 Å². The zero-order chi connectivity index (χ0) is 11.9. The Balaban J connectivity index is 2.30. The Morgan fingerprint density at radius 3 is 2.94 bits per heavy atom. The van der Waals surface area contributed by atoms with E-state index in [9.17, 15) is 9.59 Å². The Kier molecular flexibility index (Phi) is 2.52. The quantitative estimate of drug-likeness (QED) is 0.499. The van der Waals surface area contributed by atoms with E-state index in [2.05, 4.69) is 6.58 Å². The maximum absolute atomic E-state index is 11.8. The lowest BCUT2D eigenvalue weighted by atomic mass is 9.65. The first-order chi connectivity index (χ1) is 7.46. The fourth-order valence-corrected chi connectivity index (χ4v) is 2.70. The summed E-state index contributed by atoms with van der Waals surface area (Å²) >= 11 is 0. The Morgan fingerprint density at radius 1 is 1.62 bits per heavy atom. The standard InChI is InChI=1S/C12H16O4/c1-7-4-5-10(16-8(2)13)12(3)9(7)6-15-11(12)14/h9-10H,1,4-6H2,2-3H3/t9-,10-,12+/m1/s1. The topological polar surface area (TPSA) is 52.6 Å². The summed E-state index contributed by atoms with van der Waals surface area (Å²) in [6.07, 6.45) is 1.06. The number of carbonyl (C=O) groups excluding carboxylic acids is 2. The second-order valence-electron chi connectivity index (χ2n) is 4.73. The molecule has 1 aliphatic carbocycles. The number of ether oxygens (including phenoxy) is 2. The number of carbonyl (C=O) groups is 2. The van der Waals surface area contributed by atoms with Crippen molar-refractivity contribution in [3.63, 3.8) is 0 Å². The van der Waals surface area contributed by atoms with Crippen molar-refractivity contribution in [2.45, 2.75) is 32.8 Å². The molecule has 2 fully saturated rings. The highest BCUT2D eigenvalue weighted by Gasteiger charge is 2.58. The van der Waals surface area contributed by atoms with Crippen LogP contribution in [0.2, 0.25) is 0 Å². The van der Waals surface area contributed by atoms with Crippen LogP contribution in [-0.4, -0.2) is 24.6 Å². The third-order valence-corrected chi connectivity index (χ3v) is 3.74. The fraction of sp³-hybridized carbons (Fsp3) is 0.667. The van der Waals surface area contributed by atoms with Crippen LogP contribution >= 0.6 is 0 Å². The molecule has 0 aromatic carbocycles. The van der Waals surface area contributed by atoms with Crippen LogP contribution in [0.1, 0.15) is 26.7 Å². The molecule has 0 radical (unpaired) electrons. The summed E-state index contributed by atoms with van der Waals surface area (Å²) in [7, 11) is 0. The molecule has 1 aliphatic heterocycles. The molecule has 1 heterocycles. The van der Waals surface area contributed by atoms with Gasteiger partial charge in [0.05, 0.1) is 6.61 Å². The summed E-state index contributed by atoms with van der Waals surface area (Å²) in [5, 5.41) is 0. The van der Waals surface area contributed by atoms with Gasteiger partial charge in [-0.3, -0.25) is 9.59 Å². The van der Waals surface area contributed by atoms with Gasteiger partial charge in [0.2, 0.25) is 0 Å². The van der Waals surface area contributed by atoms with E-state index in [1.54, 1.807) is 0 Å². The van der Waals surface area contributed by atoms with Gasteiger partial charge in [0, 0.05) is 12.8 Å². The first-order valence-electron chi connectivity index (χ1n) is 5.48. The summed E-state index contributed by atoms with van der Waals surface area (Å²) in [6, 6.07) is 0. The molecule has 0 bridgehead atoms. The Bertz CT molecular complexity index is 360. The molecule has 4 nitrogen and oxygen atoms in total. The van der Waals surface area contributed by atoms with Crippen molar-refractivity contribution in [2.75, 3.05) is 6.61 Å². The highest BCUT2D eigenvalue weighted by molar-refractivity contribution is 5.81. The van der Waals surface area contributed by atoms with Crippen molar-refractivity contribution >= 4 is 11.9 Å². The molecule has 0 amide bonds. The molecular weight excluding hydrogens is 208 g/mol. The number of esters is 2. The van der Waals surface area contributed by atoms with Crippen molar-refractivity contribution < 1.29 is 19.1 Å². The molecule has 0 aromatic heterocycles. The highest BCUT2D eigenvalue weighted by atomic mass is 16.6. The van der Waals surface area contributed by atoms with Crippen LogP contribution < -0.4 is 0 Å². The third kappa shape index (κ3) is 1.44. The lowest BCUT2D eigenvalue weighted by Crippen LogP contribution is -2.47. The fourth-order valence-electron chi connectivity index (χ4n) is 2.70. The molecule has 1 saturated carbocycles. The van der Waals surface area contributed by atoms with Gasteiger partial charge >= 0.3 is 11.9 Å². The van der Waals surface area contributed by atoms with Gasteiger partial charge in [-0.1, -0.05) is 12.2 Å². The lowest BCUT2D eigenvalue weighted by molar-refractivity contribution is -0.165. The van der Waals surface area contributed by atoms with Crippen LogP contribution in [0.4, 0.5) is 0 Å². The van der Waals surface area contributed by atoms with Gasteiger partial charge in [0.15, 0.2) is 0 Å². The van der Waals surface area contributed by atoms with Crippen LogP contribution in [0.5, 0.6) is 0 Å². The van der Waals surface area contributed by atoms with Crippen molar-refractivity contribution in [1.82, 2.24) is 0 Å². The van der Waals surface area contributed by atoms with Crippen LogP contribution in [0.15, 0.2) is 12.2 Å². The molecule has 2 aliphatic rings. The normalized spacial score (nSPS) is 37.9. The van der Waals surface area contributed by atoms with Crippen molar-refractivity contribution in [3.05, 3.63) is 12.2 Å². The van der Waals surface area contributed by atoms with Crippen LogP contribution in [0.3, 0.4) is 0 Å². The molecule has 3 atom stereocenters. The molecule has 1 saturated heterocycles. The molecule has 2 rings (SSSR count). The summed E-state index contributed by atoms with van der Waals surface area (Å²) in [6.45, 7) is 7.52. The largest absolute Gasteiger partial charge is 0.464 e. The summed E-state index contributed by atoms with van der Waals surface area (Å²) in [5.74, 6) is -0.639. The maximum Gasteiger partial charge on any atom is 0.316 e. The minimum absolute atomic E-state index is 0.0156. The van der Waals surface area contributed by atoms with Gasteiger partial charge < -0.3 is 9.47 Å². The van der Waals surface area contributed by atoms with Gasteiger partial charge in [-0.15, -0.1) is 0 Å². The van der Waals surface area contributed by atoms with E-state index in [1.807, 2.05) is 6.92 Å². The van der Waals surface area contributed by atoms with Crippen LogP contribution in [0, 0.1) is 11.3 Å². The maximum atomic E-state index is 11.8. The van der Waals surface area contributed by atoms with Gasteiger partial charge in [-0.05, 0) is 19.8 Å². The second-order valence-corrected chi connectivity index (χ2v) is 4.73. The van der Waals surface area contributed by atoms with Gasteiger partial charge in [-0.25, -0.2) is 0 Å². The van der Waals surface area contributed by atoms with Crippen molar-refractivity contribution in [3.8, 4) is 0 Å². The van der Waals surface area contributed by atoms with E-state index < -0.39 is 5.41 Å². The minimum Gasteiger partial charge on any atom is -0.464 e. The minimum atomic E-state index is -0.735. The monoisotopic (exact) mass is 224 g/mol. The lowest BCUT2D eigenvalue weighted by Gasteiger charge is -2.39. The summed E-state index contributed by atoms with van der Waals surface area (Å²) < 4.78 is 10.3.